The number of aromatic nitrogens is 2. The van der Waals surface area contributed by atoms with Crippen LogP contribution < -0.4 is 5.32 Å². The zero-order chi connectivity index (χ0) is 16.2. The van der Waals surface area contributed by atoms with E-state index in [1.165, 1.54) is 0 Å². The van der Waals surface area contributed by atoms with E-state index in [0.29, 0.717) is 13.2 Å². The number of pyridine rings is 2. The fourth-order valence-corrected chi connectivity index (χ4v) is 3.47. The first-order valence-electron chi connectivity index (χ1n) is 8.41. The van der Waals surface area contributed by atoms with Crippen LogP contribution in [0, 0.1) is 0 Å². The molecule has 3 unspecified atom stereocenters. The van der Waals surface area contributed by atoms with Gasteiger partial charge in [0.25, 0.3) is 0 Å². The van der Waals surface area contributed by atoms with Crippen LogP contribution in [0.4, 0.5) is 5.82 Å². The fourth-order valence-electron chi connectivity index (χ4n) is 3.47. The summed E-state index contributed by atoms with van der Waals surface area (Å²) in [7, 11) is 0. The van der Waals surface area contributed by atoms with Crippen molar-refractivity contribution in [3.63, 3.8) is 0 Å². The highest BCUT2D eigenvalue weighted by atomic mass is 16.5. The highest BCUT2D eigenvalue weighted by Gasteiger charge is 2.44. The summed E-state index contributed by atoms with van der Waals surface area (Å²) < 4.78 is 12.0. The third-order valence-electron chi connectivity index (χ3n) is 4.64. The Morgan fingerprint density at radius 2 is 2.04 bits per heavy atom. The van der Waals surface area contributed by atoms with Crippen LogP contribution in [-0.2, 0) is 16.1 Å². The lowest BCUT2D eigenvalue weighted by Gasteiger charge is -2.32. The van der Waals surface area contributed by atoms with E-state index in [9.17, 15) is 0 Å². The van der Waals surface area contributed by atoms with Crippen LogP contribution >= 0.6 is 0 Å². The Kier molecular flexibility index (Phi) is 4.69. The minimum absolute atomic E-state index is 0.0503. The van der Waals surface area contributed by atoms with Crippen LogP contribution in [0.2, 0.25) is 0 Å². The molecule has 0 spiro atoms. The summed E-state index contributed by atoms with van der Waals surface area (Å²) >= 11 is 0. The molecule has 0 aromatic carbocycles. The van der Waals surface area contributed by atoms with Gasteiger partial charge in [-0.3, -0.25) is 9.88 Å². The number of hydrogen-bond donors (Lipinski definition) is 1. The third kappa shape index (κ3) is 3.40. The molecule has 0 radical (unpaired) electrons. The summed E-state index contributed by atoms with van der Waals surface area (Å²) in [6, 6.07) is 12.3. The Labute approximate surface area is 141 Å². The van der Waals surface area contributed by atoms with Crippen molar-refractivity contribution in [2.24, 2.45) is 0 Å². The van der Waals surface area contributed by atoms with E-state index in [1.54, 1.807) is 12.4 Å². The molecule has 0 bridgehead atoms. The van der Waals surface area contributed by atoms with Crippen molar-refractivity contribution in [2.45, 2.75) is 24.8 Å². The second-order valence-corrected chi connectivity index (χ2v) is 6.20. The second-order valence-electron chi connectivity index (χ2n) is 6.20. The van der Waals surface area contributed by atoms with E-state index in [4.69, 9.17) is 9.47 Å². The Hall–Kier alpha value is -2.02. The zero-order valence-electron chi connectivity index (χ0n) is 13.5. The molecule has 2 aliphatic heterocycles. The molecule has 2 aliphatic rings. The Bertz CT molecular complexity index is 640. The quantitative estimate of drug-likeness (QED) is 0.900. The normalized spacial score (nSPS) is 26.9. The van der Waals surface area contributed by atoms with Crippen LogP contribution in [0.15, 0.2) is 48.8 Å². The molecule has 24 heavy (non-hydrogen) atoms. The van der Waals surface area contributed by atoms with Gasteiger partial charge >= 0.3 is 0 Å². The number of rotatable bonds is 5. The summed E-state index contributed by atoms with van der Waals surface area (Å²) in [5.41, 5.74) is 0.948. The van der Waals surface area contributed by atoms with Crippen molar-refractivity contribution in [3.8, 4) is 0 Å². The number of ether oxygens (including phenoxy) is 2. The van der Waals surface area contributed by atoms with Gasteiger partial charge in [0.05, 0.1) is 43.7 Å². The van der Waals surface area contributed by atoms with Gasteiger partial charge in [-0.15, -0.1) is 0 Å². The summed E-state index contributed by atoms with van der Waals surface area (Å²) in [6.45, 7) is 3.91. The number of fused-ring (bicyclic) bond motifs is 1. The van der Waals surface area contributed by atoms with Gasteiger partial charge in [0.2, 0.25) is 0 Å². The van der Waals surface area contributed by atoms with Crippen molar-refractivity contribution in [1.82, 2.24) is 14.9 Å². The number of nitrogens with zero attached hydrogens (tertiary/aromatic N) is 3. The van der Waals surface area contributed by atoms with Gasteiger partial charge in [0.15, 0.2) is 0 Å². The first-order chi connectivity index (χ1) is 11.9. The third-order valence-corrected chi connectivity index (χ3v) is 4.64. The van der Waals surface area contributed by atoms with Crippen LogP contribution in [-0.4, -0.2) is 59.4 Å². The smallest absolute Gasteiger partial charge is 0.126 e. The minimum atomic E-state index is 0.0503. The van der Waals surface area contributed by atoms with Gasteiger partial charge in [0, 0.05) is 25.5 Å². The highest BCUT2D eigenvalue weighted by Crippen LogP contribution is 2.27. The second kappa shape index (κ2) is 7.25. The molecule has 4 rings (SSSR count). The van der Waals surface area contributed by atoms with Gasteiger partial charge < -0.3 is 14.8 Å². The maximum atomic E-state index is 6.27. The summed E-state index contributed by atoms with van der Waals surface area (Å²) in [5, 5.41) is 3.53. The van der Waals surface area contributed by atoms with Gasteiger partial charge in [-0.1, -0.05) is 12.1 Å². The molecule has 126 valence electrons. The Morgan fingerprint density at radius 1 is 1.17 bits per heavy atom. The Morgan fingerprint density at radius 3 is 2.83 bits per heavy atom. The van der Waals surface area contributed by atoms with Crippen LogP contribution in [0.3, 0.4) is 0 Å². The molecule has 6 nitrogen and oxygen atoms in total. The predicted octanol–water partition coefficient (Wildman–Crippen LogP) is 1.56. The molecule has 2 aromatic rings. The largest absolute Gasteiger partial charge is 0.378 e. The molecule has 3 atom stereocenters. The van der Waals surface area contributed by atoms with Crippen molar-refractivity contribution in [2.75, 3.05) is 31.6 Å². The molecular formula is C18H22N4O2. The monoisotopic (exact) mass is 326 g/mol. The summed E-state index contributed by atoms with van der Waals surface area (Å²) in [6.07, 6.45) is 3.65. The van der Waals surface area contributed by atoms with Crippen molar-refractivity contribution in [3.05, 3.63) is 54.5 Å². The standard InChI is InChI=1S/C18H22N4O2/c1-3-7-19-14(5-1)12-24-18-15(21-17-6-2-4-8-20-17)11-22-9-10-23-13-16(18)22/h1-8,15-16,18H,9-13H2,(H,20,21). The number of hydrogen-bond acceptors (Lipinski definition) is 6. The van der Waals surface area contributed by atoms with Crippen LogP contribution in [0.25, 0.3) is 0 Å². The molecule has 0 amide bonds. The van der Waals surface area contributed by atoms with Crippen LogP contribution in [0.5, 0.6) is 0 Å². The average molecular weight is 326 g/mol. The number of anilines is 1. The van der Waals surface area contributed by atoms with Gasteiger partial charge in [-0.2, -0.15) is 0 Å². The van der Waals surface area contributed by atoms with E-state index in [-0.39, 0.29) is 18.2 Å². The van der Waals surface area contributed by atoms with Crippen LogP contribution in [0.1, 0.15) is 5.69 Å². The molecule has 2 fully saturated rings. The highest BCUT2D eigenvalue weighted by molar-refractivity contribution is 5.36. The fraction of sp³-hybridized carbons (Fsp3) is 0.444. The lowest BCUT2D eigenvalue weighted by atomic mass is 10.1. The van der Waals surface area contributed by atoms with E-state index in [0.717, 1.165) is 31.2 Å². The predicted molar refractivity (Wildman–Crippen MR) is 90.6 cm³/mol. The first kappa shape index (κ1) is 15.5. The van der Waals surface area contributed by atoms with Gasteiger partial charge in [0.1, 0.15) is 5.82 Å². The molecule has 6 heteroatoms. The SMILES string of the molecule is c1ccc(COC2C(Nc3ccccn3)CN3CCOCC23)nc1. The topological polar surface area (TPSA) is 59.5 Å². The number of nitrogens with one attached hydrogen (secondary N) is 1. The van der Waals surface area contributed by atoms with E-state index < -0.39 is 0 Å². The first-order valence-corrected chi connectivity index (χ1v) is 8.41. The maximum Gasteiger partial charge on any atom is 0.126 e. The van der Waals surface area contributed by atoms with Gasteiger partial charge in [-0.25, -0.2) is 4.98 Å². The molecule has 0 saturated carbocycles. The van der Waals surface area contributed by atoms with Crippen molar-refractivity contribution in [1.29, 1.82) is 0 Å². The lowest BCUT2D eigenvalue weighted by Crippen LogP contribution is -2.46. The zero-order valence-corrected chi connectivity index (χ0v) is 13.5. The van der Waals surface area contributed by atoms with E-state index in [1.807, 2.05) is 36.4 Å². The van der Waals surface area contributed by atoms with E-state index in [2.05, 4.69) is 20.2 Å². The lowest BCUT2D eigenvalue weighted by molar-refractivity contribution is -0.0515. The van der Waals surface area contributed by atoms with Crippen molar-refractivity contribution >= 4 is 5.82 Å². The Balaban J connectivity index is 1.47. The minimum Gasteiger partial charge on any atom is -0.378 e. The average Bonchev–Trinajstić information content (AvgIpc) is 2.99. The number of morpholine rings is 1. The molecule has 1 N–H and O–H groups in total. The molecular weight excluding hydrogens is 304 g/mol. The summed E-state index contributed by atoms with van der Waals surface area (Å²) in [4.78, 5) is 11.2. The van der Waals surface area contributed by atoms with E-state index >= 15 is 0 Å². The molecule has 4 heterocycles. The molecule has 2 saturated heterocycles. The molecule has 2 aromatic heterocycles. The molecule has 0 aliphatic carbocycles. The maximum absolute atomic E-state index is 6.27. The van der Waals surface area contributed by atoms with Gasteiger partial charge in [-0.05, 0) is 24.3 Å². The van der Waals surface area contributed by atoms with Crippen molar-refractivity contribution < 1.29 is 9.47 Å². The summed E-state index contributed by atoms with van der Waals surface area (Å²) in [5.74, 6) is 0.884.